The molecule has 4 aliphatic rings. The zero-order valence-electron chi connectivity index (χ0n) is 20.6. The van der Waals surface area contributed by atoms with Crippen molar-refractivity contribution in [1.82, 2.24) is 5.16 Å². The highest BCUT2D eigenvalue weighted by molar-refractivity contribution is 5.76. The lowest BCUT2D eigenvalue weighted by Gasteiger charge is -2.58. The van der Waals surface area contributed by atoms with Crippen molar-refractivity contribution in [3.05, 3.63) is 23.1 Å². The van der Waals surface area contributed by atoms with Gasteiger partial charge in [-0.25, -0.2) is 0 Å². The van der Waals surface area contributed by atoms with Crippen LogP contribution in [0.2, 0.25) is 0 Å². The molecule has 1 heterocycles. The number of ether oxygens (including phenoxy) is 1. The number of aromatic nitrogens is 1. The van der Waals surface area contributed by atoms with E-state index in [0.717, 1.165) is 63.5 Å². The van der Waals surface area contributed by atoms with Gasteiger partial charge in [0, 0.05) is 11.0 Å². The van der Waals surface area contributed by atoms with Crippen molar-refractivity contribution < 1.29 is 14.1 Å². The van der Waals surface area contributed by atoms with E-state index >= 15 is 0 Å². The zero-order valence-corrected chi connectivity index (χ0v) is 20.6. The summed E-state index contributed by atoms with van der Waals surface area (Å²) in [4.78, 5) is 13.0. The molecule has 5 rings (SSSR count). The van der Waals surface area contributed by atoms with Crippen molar-refractivity contribution in [3.8, 4) is 12.3 Å². The molecular weight excluding hydrogens is 426 g/mol. The molecule has 0 aromatic carbocycles. The van der Waals surface area contributed by atoms with E-state index in [2.05, 4.69) is 31.0 Å². The lowest BCUT2D eigenvalue weighted by atomic mass is 9.46. The Morgan fingerprint density at radius 3 is 2.85 bits per heavy atom. The largest absolute Gasteiger partial charge is 0.444 e. The Morgan fingerprint density at radius 1 is 1.29 bits per heavy atom. The molecule has 0 spiro atoms. The van der Waals surface area contributed by atoms with Gasteiger partial charge in [-0.05, 0) is 93.6 Å². The minimum absolute atomic E-state index is 0.131. The second-order valence-electron chi connectivity index (χ2n) is 11.7. The molecule has 4 aliphatic carbocycles. The highest BCUT2D eigenvalue weighted by atomic mass is 16.6. The summed E-state index contributed by atoms with van der Waals surface area (Å²) < 4.78 is 11.7. The molecule has 6 nitrogen and oxygen atoms in total. The van der Waals surface area contributed by atoms with E-state index in [1.54, 1.807) is 0 Å². The Kier molecular flexibility index (Phi) is 5.93. The van der Waals surface area contributed by atoms with Crippen molar-refractivity contribution in [2.75, 3.05) is 6.54 Å². The molecule has 0 amide bonds. The van der Waals surface area contributed by atoms with Crippen molar-refractivity contribution in [2.45, 2.75) is 89.7 Å². The summed E-state index contributed by atoms with van der Waals surface area (Å²) in [7, 11) is 0. The van der Waals surface area contributed by atoms with Gasteiger partial charge in [0.15, 0.2) is 11.4 Å². The van der Waals surface area contributed by atoms with Crippen LogP contribution in [-0.2, 0) is 16.0 Å². The summed E-state index contributed by atoms with van der Waals surface area (Å²) in [6, 6.07) is -0.642. The molecule has 6 heteroatoms. The molecule has 184 valence electrons. The van der Waals surface area contributed by atoms with Gasteiger partial charge in [-0.15, -0.1) is 6.42 Å². The maximum atomic E-state index is 13.0. The topological polar surface area (TPSA) is 104 Å². The summed E-state index contributed by atoms with van der Waals surface area (Å²) in [5, 5.41) is 4.05. The molecule has 7 atom stereocenters. The number of fused-ring (bicyclic) bond motifs is 6. The standard InChI is InChI=1S/C28H39N3O3/c1-4-28(33-25(32)23(30)7-5-6-14-29)13-11-22-20-9-8-19-15-24-18(17-31-34-24)16-26(19,2)21(20)10-12-27(22,28)3/h1,15,17,20-23H,5-14,16,29-30H2,2-3H3/t20?,21-,22-,23?,26-,27-,28-/m0/s1. The van der Waals surface area contributed by atoms with Crippen LogP contribution in [0.5, 0.6) is 0 Å². The summed E-state index contributed by atoms with van der Waals surface area (Å²) >= 11 is 0. The van der Waals surface area contributed by atoms with Crippen LogP contribution >= 0.6 is 0 Å². The molecule has 2 unspecified atom stereocenters. The van der Waals surface area contributed by atoms with Crippen molar-refractivity contribution >= 4 is 12.0 Å². The number of carbonyl (C=O) groups is 1. The minimum Gasteiger partial charge on any atom is -0.444 e. The number of terminal acetylenes is 1. The number of allylic oxidation sites excluding steroid dienone is 1. The summed E-state index contributed by atoms with van der Waals surface area (Å²) in [6.07, 6.45) is 19.6. The Hall–Kier alpha value is -2.10. The third-order valence-corrected chi connectivity index (χ3v) is 10.2. The Morgan fingerprint density at radius 2 is 2.09 bits per heavy atom. The fraction of sp³-hybridized carbons (Fsp3) is 0.714. The number of esters is 1. The van der Waals surface area contributed by atoms with Crippen molar-refractivity contribution in [3.63, 3.8) is 0 Å². The third-order valence-electron chi connectivity index (χ3n) is 10.2. The summed E-state index contributed by atoms with van der Waals surface area (Å²) in [5.74, 6) is 5.20. The fourth-order valence-electron chi connectivity index (χ4n) is 8.19. The molecule has 34 heavy (non-hydrogen) atoms. The fourth-order valence-corrected chi connectivity index (χ4v) is 8.19. The Balaban J connectivity index is 1.37. The van der Waals surface area contributed by atoms with E-state index in [-0.39, 0.29) is 16.8 Å². The maximum absolute atomic E-state index is 13.0. The van der Waals surface area contributed by atoms with E-state index < -0.39 is 11.6 Å². The molecular formula is C28H39N3O3. The number of nitrogens with zero attached hydrogens (tertiary/aromatic N) is 1. The Bertz CT molecular complexity index is 1020. The smallest absolute Gasteiger partial charge is 0.324 e. The number of nitrogens with two attached hydrogens (primary N) is 2. The van der Waals surface area contributed by atoms with Crippen LogP contribution in [0.1, 0.15) is 83.0 Å². The van der Waals surface area contributed by atoms with Gasteiger partial charge in [-0.3, -0.25) is 4.79 Å². The van der Waals surface area contributed by atoms with Crippen LogP contribution < -0.4 is 11.5 Å². The Labute approximate surface area is 203 Å². The van der Waals surface area contributed by atoms with E-state index in [1.165, 1.54) is 11.1 Å². The predicted octanol–water partition coefficient (Wildman–Crippen LogP) is 4.23. The zero-order chi connectivity index (χ0) is 24.1. The van der Waals surface area contributed by atoms with E-state index in [4.69, 9.17) is 27.2 Å². The van der Waals surface area contributed by atoms with E-state index in [0.29, 0.717) is 30.7 Å². The first-order valence-corrected chi connectivity index (χ1v) is 13.1. The quantitative estimate of drug-likeness (QED) is 0.370. The predicted molar refractivity (Wildman–Crippen MR) is 131 cm³/mol. The number of hydrogen-bond donors (Lipinski definition) is 2. The van der Waals surface area contributed by atoms with Gasteiger partial charge >= 0.3 is 5.97 Å². The first kappa shape index (κ1) is 23.6. The minimum atomic E-state index is -0.865. The number of hydrogen-bond acceptors (Lipinski definition) is 6. The van der Waals surface area contributed by atoms with Crippen LogP contribution in [-0.4, -0.2) is 29.3 Å². The van der Waals surface area contributed by atoms with Crippen LogP contribution in [0.3, 0.4) is 0 Å². The maximum Gasteiger partial charge on any atom is 0.324 e. The summed E-state index contributed by atoms with van der Waals surface area (Å²) in [5.41, 5.74) is 13.6. The first-order valence-electron chi connectivity index (χ1n) is 13.1. The van der Waals surface area contributed by atoms with Gasteiger partial charge < -0.3 is 20.7 Å². The lowest BCUT2D eigenvalue weighted by Crippen LogP contribution is -2.56. The summed E-state index contributed by atoms with van der Waals surface area (Å²) in [6.45, 7) is 5.32. The molecule has 3 fully saturated rings. The molecule has 0 bridgehead atoms. The molecule has 0 saturated heterocycles. The average molecular weight is 466 g/mol. The van der Waals surface area contributed by atoms with Gasteiger partial charge in [-0.1, -0.05) is 36.9 Å². The third kappa shape index (κ3) is 3.38. The average Bonchev–Trinajstić information content (AvgIpc) is 3.38. The van der Waals surface area contributed by atoms with Gasteiger partial charge in [0.2, 0.25) is 0 Å². The normalized spacial score (nSPS) is 39.0. The second-order valence-corrected chi connectivity index (χ2v) is 11.7. The van der Waals surface area contributed by atoms with E-state index in [1.807, 2.05) is 6.20 Å². The number of carbonyl (C=O) groups excluding carboxylic acids is 1. The van der Waals surface area contributed by atoms with E-state index in [9.17, 15) is 4.79 Å². The first-order chi connectivity index (χ1) is 16.3. The van der Waals surface area contributed by atoms with Crippen molar-refractivity contribution in [1.29, 1.82) is 0 Å². The van der Waals surface area contributed by atoms with Gasteiger partial charge in [0.05, 0.1) is 6.20 Å². The molecule has 1 aromatic heterocycles. The highest BCUT2D eigenvalue weighted by Crippen LogP contribution is 2.68. The van der Waals surface area contributed by atoms with Gasteiger partial charge in [0.1, 0.15) is 6.04 Å². The second kappa shape index (κ2) is 8.53. The molecule has 0 aliphatic heterocycles. The molecule has 4 N–H and O–H groups in total. The highest BCUT2D eigenvalue weighted by Gasteiger charge is 2.66. The monoisotopic (exact) mass is 465 g/mol. The number of unbranched alkanes of at least 4 members (excludes halogenated alkanes) is 1. The lowest BCUT2D eigenvalue weighted by molar-refractivity contribution is -0.173. The number of rotatable bonds is 6. The van der Waals surface area contributed by atoms with Crippen LogP contribution in [0, 0.1) is 40.9 Å². The molecule has 1 aromatic rings. The molecule has 0 radical (unpaired) electrons. The van der Waals surface area contributed by atoms with Crippen LogP contribution in [0.25, 0.3) is 6.08 Å². The van der Waals surface area contributed by atoms with Gasteiger partial charge in [-0.2, -0.15) is 0 Å². The van der Waals surface area contributed by atoms with Gasteiger partial charge in [0.25, 0.3) is 0 Å². The molecule has 3 saturated carbocycles. The van der Waals surface area contributed by atoms with Crippen molar-refractivity contribution in [2.24, 2.45) is 40.1 Å². The van der Waals surface area contributed by atoms with Crippen LogP contribution in [0.15, 0.2) is 16.3 Å². The van der Waals surface area contributed by atoms with Crippen LogP contribution in [0.4, 0.5) is 0 Å². The SMILES string of the molecule is C#C[C@]1(OC(=O)C(N)CCCCN)CC[C@H]2C3CCC4=Cc5oncc5C[C@]4(C)[C@H]3CC[C@@]21C.